The number of carbonyl (C=O) groups is 2. The molecular formula is C15H22N2O3. The minimum absolute atomic E-state index is 0.169. The normalized spacial score (nSPS) is 10.4. The van der Waals surface area contributed by atoms with Gasteiger partial charge in [0, 0.05) is 18.3 Å². The highest BCUT2D eigenvalue weighted by Crippen LogP contribution is 2.18. The van der Waals surface area contributed by atoms with Gasteiger partial charge in [0.1, 0.15) is 6.54 Å². The zero-order valence-corrected chi connectivity index (χ0v) is 12.5. The lowest BCUT2D eigenvalue weighted by atomic mass is 10.2. The Hall–Kier alpha value is -2.04. The number of benzene rings is 1. The number of rotatable bonds is 5. The van der Waals surface area contributed by atoms with E-state index in [1.807, 2.05) is 52.0 Å². The average molecular weight is 278 g/mol. The second-order valence-electron chi connectivity index (χ2n) is 4.98. The Morgan fingerprint density at radius 3 is 2.40 bits per heavy atom. The number of aryl methyl sites for hydroxylation is 1. The number of aliphatic carboxylic acids is 1. The first-order valence-corrected chi connectivity index (χ1v) is 6.73. The van der Waals surface area contributed by atoms with Gasteiger partial charge in [0.25, 0.3) is 0 Å². The highest BCUT2D eigenvalue weighted by atomic mass is 16.4. The summed E-state index contributed by atoms with van der Waals surface area (Å²) in [6, 6.07) is 7.17. The topological polar surface area (TPSA) is 60.9 Å². The summed E-state index contributed by atoms with van der Waals surface area (Å²) in [4.78, 5) is 26.4. The Labute approximate surface area is 119 Å². The fraction of sp³-hybridized carbons (Fsp3) is 0.467. The van der Waals surface area contributed by atoms with Crippen molar-refractivity contribution in [3.8, 4) is 0 Å². The van der Waals surface area contributed by atoms with Crippen molar-refractivity contribution in [2.45, 2.75) is 33.7 Å². The van der Waals surface area contributed by atoms with Gasteiger partial charge in [-0.05, 0) is 45.4 Å². The van der Waals surface area contributed by atoms with Crippen molar-refractivity contribution in [2.75, 3.05) is 18.0 Å². The van der Waals surface area contributed by atoms with Crippen LogP contribution in [0.4, 0.5) is 10.5 Å². The number of nitrogens with zero attached hydrogens (tertiary/aromatic N) is 2. The van der Waals surface area contributed by atoms with E-state index in [4.69, 9.17) is 5.11 Å². The van der Waals surface area contributed by atoms with Gasteiger partial charge in [-0.2, -0.15) is 0 Å². The van der Waals surface area contributed by atoms with Gasteiger partial charge in [0.15, 0.2) is 0 Å². The van der Waals surface area contributed by atoms with Crippen LogP contribution in [0.1, 0.15) is 26.3 Å². The molecular weight excluding hydrogens is 256 g/mol. The lowest BCUT2D eigenvalue weighted by molar-refractivity contribution is -0.137. The summed E-state index contributed by atoms with van der Waals surface area (Å²) < 4.78 is 0. The number of urea groups is 1. The fourth-order valence-corrected chi connectivity index (χ4v) is 2.00. The number of anilines is 1. The lowest BCUT2D eigenvalue weighted by Gasteiger charge is -2.31. The monoisotopic (exact) mass is 278 g/mol. The smallest absolute Gasteiger partial charge is 0.325 e. The molecule has 1 aromatic rings. The van der Waals surface area contributed by atoms with Gasteiger partial charge in [-0.25, -0.2) is 4.79 Å². The Morgan fingerprint density at radius 2 is 1.95 bits per heavy atom. The van der Waals surface area contributed by atoms with Crippen LogP contribution < -0.4 is 4.90 Å². The van der Waals surface area contributed by atoms with Gasteiger partial charge in [-0.3, -0.25) is 9.69 Å². The van der Waals surface area contributed by atoms with E-state index in [0.717, 1.165) is 11.3 Å². The molecule has 2 amide bonds. The molecule has 0 saturated heterocycles. The fourth-order valence-electron chi connectivity index (χ4n) is 2.00. The van der Waals surface area contributed by atoms with Crippen LogP contribution in [0.25, 0.3) is 0 Å². The third-order valence-electron chi connectivity index (χ3n) is 3.04. The summed E-state index contributed by atoms with van der Waals surface area (Å²) in [6.45, 7) is 7.65. The number of carbonyl (C=O) groups excluding carboxylic acids is 1. The molecule has 0 fully saturated rings. The van der Waals surface area contributed by atoms with Crippen molar-refractivity contribution >= 4 is 17.7 Å². The first kappa shape index (κ1) is 16.0. The molecule has 0 atom stereocenters. The maximum Gasteiger partial charge on any atom is 0.325 e. The van der Waals surface area contributed by atoms with E-state index < -0.39 is 5.97 Å². The molecule has 0 heterocycles. The van der Waals surface area contributed by atoms with E-state index >= 15 is 0 Å². The first-order chi connectivity index (χ1) is 9.36. The van der Waals surface area contributed by atoms with E-state index in [1.165, 1.54) is 4.90 Å². The molecule has 0 aliphatic heterocycles. The molecule has 0 aromatic heterocycles. The quantitative estimate of drug-likeness (QED) is 0.901. The standard InChI is InChI=1S/C15H22N2O3/c1-5-16(13-8-6-7-12(4)9-13)15(20)17(11(2)3)10-14(18)19/h6-9,11H,5,10H2,1-4H3,(H,18,19). The van der Waals surface area contributed by atoms with Gasteiger partial charge in [-0.15, -0.1) is 0 Å². The molecule has 1 rings (SSSR count). The van der Waals surface area contributed by atoms with Crippen LogP contribution in [0.5, 0.6) is 0 Å². The number of amides is 2. The molecule has 1 N–H and O–H groups in total. The number of hydrogen-bond donors (Lipinski definition) is 1. The molecule has 1 aromatic carbocycles. The van der Waals surface area contributed by atoms with Crippen molar-refractivity contribution in [1.29, 1.82) is 0 Å². The predicted octanol–water partition coefficient (Wildman–Crippen LogP) is 2.74. The Balaban J connectivity index is 3.03. The van der Waals surface area contributed by atoms with E-state index in [-0.39, 0.29) is 18.6 Å². The van der Waals surface area contributed by atoms with Gasteiger partial charge in [0.05, 0.1) is 0 Å². The molecule has 0 unspecified atom stereocenters. The SMILES string of the molecule is CCN(C(=O)N(CC(=O)O)C(C)C)c1cccc(C)c1. The van der Waals surface area contributed by atoms with Crippen LogP contribution in [0.15, 0.2) is 24.3 Å². The van der Waals surface area contributed by atoms with E-state index in [9.17, 15) is 9.59 Å². The van der Waals surface area contributed by atoms with Crippen LogP contribution in [0.2, 0.25) is 0 Å². The number of carboxylic acids is 1. The summed E-state index contributed by atoms with van der Waals surface area (Å²) in [6.07, 6.45) is 0. The van der Waals surface area contributed by atoms with Gasteiger partial charge >= 0.3 is 12.0 Å². The average Bonchev–Trinajstić information content (AvgIpc) is 2.36. The van der Waals surface area contributed by atoms with Gasteiger partial charge in [0.2, 0.25) is 0 Å². The second kappa shape index (κ2) is 6.93. The summed E-state index contributed by atoms with van der Waals surface area (Å²) >= 11 is 0. The van der Waals surface area contributed by atoms with Crippen LogP contribution in [-0.4, -0.2) is 41.1 Å². The minimum Gasteiger partial charge on any atom is -0.480 e. The van der Waals surface area contributed by atoms with Crippen molar-refractivity contribution in [1.82, 2.24) is 4.90 Å². The van der Waals surface area contributed by atoms with Crippen LogP contribution in [0, 0.1) is 6.92 Å². The molecule has 5 nitrogen and oxygen atoms in total. The molecule has 20 heavy (non-hydrogen) atoms. The first-order valence-electron chi connectivity index (χ1n) is 6.73. The zero-order chi connectivity index (χ0) is 15.3. The third-order valence-corrected chi connectivity index (χ3v) is 3.04. The molecule has 0 saturated carbocycles. The summed E-state index contributed by atoms with van der Waals surface area (Å²) in [7, 11) is 0. The molecule has 0 bridgehead atoms. The molecule has 0 radical (unpaired) electrons. The van der Waals surface area contributed by atoms with Crippen LogP contribution in [0.3, 0.4) is 0 Å². The molecule has 0 aliphatic rings. The van der Waals surface area contributed by atoms with E-state index in [0.29, 0.717) is 6.54 Å². The van der Waals surface area contributed by atoms with Gasteiger partial charge in [-0.1, -0.05) is 12.1 Å². The van der Waals surface area contributed by atoms with Gasteiger partial charge < -0.3 is 10.0 Å². The maximum absolute atomic E-state index is 12.6. The second-order valence-corrected chi connectivity index (χ2v) is 4.98. The maximum atomic E-state index is 12.6. The highest BCUT2D eigenvalue weighted by molar-refractivity contribution is 5.93. The van der Waals surface area contributed by atoms with Crippen molar-refractivity contribution < 1.29 is 14.7 Å². The third kappa shape index (κ3) is 3.98. The summed E-state index contributed by atoms with van der Waals surface area (Å²) in [5.41, 5.74) is 1.84. The van der Waals surface area contributed by atoms with Crippen molar-refractivity contribution in [3.63, 3.8) is 0 Å². The van der Waals surface area contributed by atoms with Crippen LogP contribution in [-0.2, 0) is 4.79 Å². The van der Waals surface area contributed by atoms with Crippen molar-refractivity contribution in [3.05, 3.63) is 29.8 Å². The van der Waals surface area contributed by atoms with Crippen LogP contribution >= 0.6 is 0 Å². The minimum atomic E-state index is -1.01. The molecule has 0 aliphatic carbocycles. The Kier molecular flexibility index (Phi) is 5.55. The highest BCUT2D eigenvalue weighted by Gasteiger charge is 2.25. The zero-order valence-electron chi connectivity index (χ0n) is 12.5. The van der Waals surface area contributed by atoms with Crippen molar-refractivity contribution in [2.24, 2.45) is 0 Å². The number of carboxylic acid groups (broad SMARTS) is 1. The number of hydrogen-bond acceptors (Lipinski definition) is 2. The predicted molar refractivity (Wildman–Crippen MR) is 79.1 cm³/mol. The van der Waals surface area contributed by atoms with E-state index in [2.05, 4.69) is 0 Å². The van der Waals surface area contributed by atoms with E-state index in [1.54, 1.807) is 4.90 Å². The lowest BCUT2D eigenvalue weighted by Crippen LogP contribution is -2.48. The molecule has 110 valence electrons. The Morgan fingerprint density at radius 1 is 1.30 bits per heavy atom. The summed E-state index contributed by atoms with van der Waals surface area (Å²) in [5, 5.41) is 8.94. The summed E-state index contributed by atoms with van der Waals surface area (Å²) in [5.74, 6) is -1.01. The Bertz CT molecular complexity index is 486. The largest absolute Gasteiger partial charge is 0.480 e. The molecule has 0 spiro atoms. The molecule has 5 heteroatoms.